The molecule has 6 nitrogen and oxygen atoms in total. The van der Waals surface area contributed by atoms with Crippen LogP contribution in [0.3, 0.4) is 0 Å². The molecule has 2 fully saturated rings. The highest BCUT2D eigenvalue weighted by atomic mass is 15.3. The molecule has 1 aromatic heterocycles. The molecule has 3 N–H and O–H groups in total. The SMILES string of the molecule is Cc1c(NN)nc(C2CC2)nc1N1CCN(C)C(C)(C)C1. The van der Waals surface area contributed by atoms with Crippen LogP contribution in [0.4, 0.5) is 11.6 Å². The number of hydrazine groups is 1. The molecule has 2 heterocycles. The lowest BCUT2D eigenvalue weighted by Gasteiger charge is -2.46. The molecule has 1 aromatic rings. The van der Waals surface area contributed by atoms with E-state index in [4.69, 9.17) is 10.8 Å². The molecule has 1 saturated heterocycles. The highest BCUT2D eigenvalue weighted by Crippen LogP contribution is 2.40. The number of rotatable bonds is 3. The smallest absolute Gasteiger partial charge is 0.148 e. The number of aromatic nitrogens is 2. The fourth-order valence-corrected chi connectivity index (χ4v) is 2.92. The minimum Gasteiger partial charge on any atom is -0.353 e. The zero-order valence-corrected chi connectivity index (χ0v) is 13.5. The molecule has 0 atom stereocenters. The van der Waals surface area contributed by atoms with Crippen molar-refractivity contribution in [3.63, 3.8) is 0 Å². The first-order valence-electron chi connectivity index (χ1n) is 7.73. The van der Waals surface area contributed by atoms with E-state index >= 15 is 0 Å². The van der Waals surface area contributed by atoms with E-state index in [-0.39, 0.29) is 5.54 Å². The molecule has 3 rings (SSSR count). The Morgan fingerprint density at radius 3 is 2.52 bits per heavy atom. The van der Waals surface area contributed by atoms with Crippen LogP contribution in [0, 0.1) is 6.92 Å². The Labute approximate surface area is 126 Å². The number of piperazine rings is 1. The summed E-state index contributed by atoms with van der Waals surface area (Å²) in [5.41, 5.74) is 3.93. The van der Waals surface area contributed by atoms with Gasteiger partial charge in [-0.25, -0.2) is 15.8 Å². The molecule has 0 unspecified atom stereocenters. The van der Waals surface area contributed by atoms with Crippen LogP contribution in [-0.4, -0.2) is 47.1 Å². The summed E-state index contributed by atoms with van der Waals surface area (Å²) in [7, 11) is 2.19. The van der Waals surface area contributed by atoms with Gasteiger partial charge in [0.2, 0.25) is 0 Å². The van der Waals surface area contributed by atoms with Crippen LogP contribution in [-0.2, 0) is 0 Å². The summed E-state index contributed by atoms with van der Waals surface area (Å²) < 4.78 is 0. The summed E-state index contributed by atoms with van der Waals surface area (Å²) in [4.78, 5) is 14.2. The second-order valence-electron chi connectivity index (χ2n) is 6.95. The molecule has 1 saturated carbocycles. The van der Waals surface area contributed by atoms with Gasteiger partial charge in [0.05, 0.1) is 0 Å². The number of likely N-dealkylation sites (N-methyl/N-ethyl adjacent to an activating group) is 1. The third-order valence-corrected chi connectivity index (χ3v) is 4.83. The highest BCUT2D eigenvalue weighted by molar-refractivity contribution is 5.59. The summed E-state index contributed by atoms with van der Waals surface area (Å²) in [6, 6.07) is 0. The Hall–Kier alpha value is -1.40. The lowest BCUT2D eigenvalue weighted by Crippen LogP contribution is -2.58. The van der Waals surface area contributed by atoms with E-state index in [1.807, 2.05) is 6.92 Å². The molecule has 0 bridgehead atoms. The quantitative estimate of drug-likeness (QED) is 0.649. The fraction of sp³-hybridized carbons (Fsp3) is 0.733. The van der Waals surface area contributed by atoms with Gasteiger partial charge in [-0.05, 0) is 40.7 Å². The summed E-state index contributed by atoms with van der Waals surface area (Å²) in [5.74, 6) is 8.92. The Bertz CT molecular complexity index is 537. The number of nitrogens with zero attached hydrogens (tertiary/aromatic N) is 4. The number of nitrogens with one attached hydrogen (secondary N) is 1. The van der Waals surface area contributed by atoms with Gasteiger partial charge in [-0.2, -0.15) is 0 Å². The highest BCUT2D eigenvalue weighted by Gasteiger charge is 2.34. The van der Waals surface area contributed by atoms with E-state index in [9.17, 15) is 0 Å². The van der Waals surface area contributed by atoms with Gasteiger partial charge in [-0.1, -0.05) is 0 Å². The first kappa shape index (κ1) is 14.5. The van der Waals surface area contributed by atoms with E-state index < -0.39 is 0 Å². The van der Waals surface area contributed by atoms with Crippen molar-refractivity contribution in [3.05, 3.63) is 11.4 Å². The molecule has 116 valence electrons. The number of hydrogen-bond acceptors (Lipinski definition) is 6. The van der Waals surface area contributed by atoms with Crippen molar-refractivity contribution in [2.24, 2.45) is 5.84 Å². The van der Waals surface area contributed by atoms with Gasteiger partial charge < -0.3 is 10.3 Å². The second kappa shape index (κ2) is 5.10. The Kier molecular flexibility index (Phi) is 3.53. The summed E-state index contributed by atoms with van der Waals surface area (Å²) in [6.45, 7) is 9.60. The van der Waals surface area contributed by atoms with Crippen molar-refractivity contribution < 1.29 is 0 Å². The molecule has 0 radical (unpaired) electrons. The monoisotopic (exact) mass is 290 g/mol. The van der Waals surface area contributed by atoms with E-state index in [0.717, 1.165) is 42.7 Å². The second-order valence-corrected chi connectivity index (χ2v) is 6.95. The van der Waals surface area contributed by atoms with Gasteiger partial charge in [0, 0.05) is 36.7 Å². The minimum absolute atomic E-state index is 0.145. The number of nitrogens with two attached hydrogens (primary N) is 1. The number of anilines is 2. The molecule has 0 aromatic carbocycles. The maximum absolute atomic E-state index is 5.65. The molecular formula is C15H26N6. The Morgan fingerprint density at radius 1 is 1.24 bits per heavy atom. The van der Waals surface area contributed by atoms with Gasteiger partial charge in [0.25, 0.3) is 0 Å². The van der Waals surface area contributed by atoms with E-state index in [0.29, 0.717) is 5.92 Å². The summed E-state index contributed by atoms with van der Waals surface area (Å²) in [6.07, 6.45) is 2.39. The predicted octanol–water partition coefficient (Wildman–Crippen LogP) is 1.48. The third-order valence-electron chi connectivity index (χ3n) is 4.83. The first-order chi connectivity index (χ1) is 9.92. The van der Waals surface area contributed by atoms with Gasteiger partial charge in [-0.15, -0.1) is 0 Å². The molecule has 0 amide bonds. The van der Waals surface area contributed by atoms with Crippen LogP contribution >= 0.6 is 0 Å². The zero-order chi connectivity index (χ0) is 15.2. The standard InChI is InChI=1S/C15H26N6/c1-10-12(19-16)17-13(11-5-6-11)18-14(10)21-8-7-20(4)15(2,3)9-21/h11H,5-9,16H2,1-4H3,(H,17,18,19). The maximum Gasteiger partial charge on any atom is 0.148 e. The van der Waals surface area contributed by atoms with Crippen molar-refractivity contribution in [1.29, 1.82) is 0 Å². The van der Waals surface area contributed by atoms with Crippen LogP contribution in [0.1, 0.15) is 44.0 Å². The first-order valence-corrected chi connectivity index (χ1v) is 7.73. The van der Waals surface area contributed by atoms with Gasteiger partial charge >= 0.3 is 0 Å². The largest absolute Gasteiger partial charge is 0.353 e. The molecule has 2 aliphatic rings. The van der Waals surface area contributed by atoms with Crippen LogP contribution in [0.2, 0.25) is 0 Å². The topological polar surface area (TPSA) is 70.3 Å². The Morgan fingerprint density at radius 2 is 1.95 bits per heavy atom. The number of hydrogen-bond donors (Lipinski definition) is 2. The lowest BCUT2D eigenvalue weighted by molar-refractivity contribution is 0.138. The number of nitrogen functional groups attached to an aromatic ring is 1. The summed E-state index contributed by atoms with van der Waals surface area (Å²) >= 11 is 0. The van der Waals surface area contributed by atoms with Gasteiger partial charge in [0.15, 0.2) is 0 Å². The van der Waals surface area contributed by atoms with Gasteiger partial charge in [0.1, 0.15) is 17.5 Å². The van der Waals surface area contributed by atoms with Crippen LogP contribution in [0.5, 0.6) is 0 Å². The van der Waals surface area contributed by atoms with Crippen LogP contribution < -0.4 is 16.2 Å². The average Bonchev–Trinajstić information content (AvgIpc) is 3.27. The average molecular weight is 290 g/mol. The van der Waals surface area contributed by atoms with E-state index in [1.54, 1.807) is 0 Å². The van der Waals surface area contributed by atoms with Crippen molar-refractivity contribution in [1.82, 2.24) is 14.9 Å². The molecule has 1 aliphatic heterocycles. The van der Waals surface area contributed by atoms with E-state index in [1.165, 1.54) is 12.8 Å². The lowest BCUT2D eigenvalue weighted by atomic mass is 9.99. The van der Waals surface area contributed by atoms with Crippen LogP contribution in [0.25, 0.3) is 0 Å². The third kappa shape index (κ3) is 2.70. The Balaban J connectivity index is 1.95. The molecule has 1 aliphatic carbocycles. The van der Waals surface area contributed by atoms with Crippen LogP contribution in [0.15, 0.2) is 0 Å². The molecule has 0 spiro atoms. The molecule has 6 heteroatoms. The molecule has 21 heavy (non-hydrogen) atoms. The fourth-order valence-electron chi connectivity index (χ4n) is 2.92. The molecular weight excluding hydrogens is 264 g/mol. The van der Waals surface area contributed by atoms with Crippen molar-refractivity contribution in [2.45, 2.75) is 45.1 Å². The maximum atomic E-state index is 5.65. The minimum atomic E-state index is 0.145. The predicted molar refractivity (Wildman–Crippen MR) is 85.5 cm³/mol. The normalized spacial score (nSPS) is 22.4. The van der Waals surface area contributed by atoms with Crippen molar-refractivity contribution >= 4 is 11.6 Å². The van der Waals surface area contributed by atoms with Gasteiger partial charge in [-0.3, -0.25) is 4.90 Å². The zero-order valence-electron chi connectivity index (χ0n) is 13.5. The summed E-state index contributed by atoms with van der Waals surface area (Å²) in [5, 5.41) is 0. The van der Waals surface area contributed by atoms with Crippen molar-refractivity contribution in [3.8, 4) is 0 Å². The van der Waals surface area contributed by atoms with E-state index in [2.05, 4.69) is 41.1 Å². The van der Waals surface area contributed by atoms with Crippen molar-refractivity contribution in [2.75, 3.05) is 37.0 Å².